The number of carbonyl (C=O) groups excluding carboxylic acids is 1. The third-order valence-corrected chi connectivity index (χ3v) is 5.72. The van der Waals surface area contributed by atoms with Gasteiger partial charge in [0.1, 0.15) is 0 Å². The van der Waals surface area contributed by atoms with Gasteiger partial charge in [0.05, 0.1) is 6.61 Å². The molecule has 0 spiro atoms. The largest absolute Gasteiger partial charge is 0.463 e. The van der Waals surface area contributed by atoms with Gasteiger partial charge in [-0.3, -0.25) is 4.90 Å². The molecular formula is C18H20ClNO2S. The average Bonchev–Trinajstić information content (AvgIpc) is 2.75. The number of carbonyl (C=O) groups is 1. The molecule has 0 unspecified atom stereocenters. The summed E-state index contributed by atoms with van der Waals surface area (Å²) in [5.74, 6) is -0.295. The molecule has 0 radical (unpaired) electrons. The van der Waals surface area contributed by atoms with Crippen LogP contribution in [0.5, 0.6) is 0 Å². The van der Waals surface area contributed by atoms with Gasteiger partial charge in [0, 0.05) is 39.2 Å². The fraction of sp³-hybridized carbons (Fsp3) is 0.389. The van der Waals surface area contributed by atoms with Gasteiger partial charge in [-0.15, -0.1) is 11.3 Å². The lowest BCUT2D eigenvalue weighted by molar-refractivity contribution is -0.137. The minimum Gasteiger partial charge on any atom is -0.463 e. The van der Waals surface area contributed by atoms with Crippen molar-refractivity contribution in [2.45, 2.75) is 26.8 Å². The van der Waals surface area contributed by atoms with E-state index in [1.165, 1.54) is 27.3 Å². The first kappa shape index (κ1) is 16.5. The fourth-order valence-corrected chi connectivity index (χ4v) is 4.43. The molecule has 0 fully saturated rings. The molecule has 0 saturated carbocycles. The van der Waals surface area contributed by atoms with Crippen LogP contribution in [0, 0.1) is 0 Å². The van der Waals surface area contributed by atoms with E-state index in [1.54, 1.807) is 11.3 Å². The zero-order valence-electron chi connectivity index (χ0n) is 13.4. The lowest BCUT2D eigenvalue weighted by atomic mass is 10.0. The van der Waals surface area contributed by atoms with Crippen molar-refractivity contribution in [2.24, 2.45) is 0 Å². The van der Waals surface area contributed by atoms with E-state index < -0.39 is 0 Å². The normalized spacial score (nSPS) is 15.3. The number of benzene rings is 1. The van der Waals surface area contributed by atoms with E-state index in [2.05, 4.69) is 17.9 Å². The molecule has 0 saturated heterocycles. The van der Waals surface area contributed by atoms with Crippen molar-refractivity contribution in [3.05, 3.63) is 39.2 Å². The number of likely N-dealkylation sites (N-methyl/N-ethyl adjacent to an activating group) is 1. The van der Waals surface area contributed by atoms with Crippen LogP contribution in [0.2, 0.25) is 5.02 Å². The van der Waals surface area contributed by atoms with Crippen LogP contribution in [-0.4, -0.2) is 30.6 Å². The van der Waals surface area contributed by atoms with Gasteiger partial charge < -0.3 is 4.74 Å². The number of rotatable bonds is 4. The molecule has 1 aliphatic rings. The summed E-state index contributed by atoms with van der Waals surface area (Å²) in [6.45, 7) is 7.29. The van der Waals surface area contributed by atoms with Gasteiger partial charge in [-0.25, -0.2) is 4.79 Å². The molecule has 3 rings (SSSR count). The molecule has 0 amide bonds. The van der Waals surface area contributed by atoms with E-state index in [-0.39, 0.29) is 5.97 Å². The van der Waals surface area contributed by atoms with Crippen LogP contribution in [0.1, 0.15) is 29.9 Å². The lowest BCUT2D eigenvalue weighted by Crippen LogP contribution is -2.23. The quantitative estimate of drug-likeness (QED) is 0.601. The summed E-state index contributed by atoms with van der Waals surface area (Å²) in [5, 5.41) is 2.12. The van der Waals surface area contributed by atoms with E-state index in [1.807, 2.05) is 19.1 Å². The molecular weight excluding hydrogens is 330 g/mol. The highest BCUT2D eigenvalue weighted by atomic mass is 35.5. The third-order valence-electron chi connectivity index (χ3n) is 4.20. The molecule has 0 bridgehead atoms. The van der Waals surface area contributed by atoms with Gasteiger partial charge >= 0.3 is 5.97 Å². The van der Waals surface area contributed by atoms with Crippen molar-refractivity contribution in [3.8, 4) is 0 Å². The number of hydrogen-bond acceptors (Lipinski definition) is 4. The topological polar surface area (TPSA) is 29.5 Å². The van der Waals surface area contributed by atoms with E-state index in [9.17, 15) is 4.79 Å². The average molecular weight is 350 g/mol. The third kappa shape index (κ3) is 3.30. The van der Waals surface area contributed by atoms with Crippen molar-refractivity contribution in [1.82, 2.24) is 4.90 Å². The molecule has 122 valence electrons. The SMILES string of the molecule is CCOC(=O)/C=C/c1sc2ccc(Cl)c3c2c1CN(CC)CC3. The Morgan fingerprint density at radius 2 is 2.22 bits per heavy atom. The van der Waals surface area contributed by atoms with Crippen LogP contribution in [-0.2, 0) is 22.5 Å². The van der Waals surface area contributed by atoms with Crippen LogP contribution in [0.15, 0.2) is 18.2 Å². The van der Waals surface area contributed by atoms with Crippen LogP contribution in [0.4, 0.5) is 0 Å². The van der Waals surface area contributed by atoms with Crippen molar-refractivity contribution in [3.63, 3.8) is 0 Å². The van der Waals surface area contributed by atoms with Crippen LogP contribution in [0.3, 0.4) is 0 Å². The molecule has 0 aliphatic carbocycles. The summed E-state index contributed by atoms with van der Waals surface area (Å²) in [6.07, 6.45) is 4.37. The number of thiophene rings is 1. The standard InChI is InChI=1S/C18H20ClNO2S/c1-3-20-10-9-12-14(19)5-6-16-18(12)13(11-20)15(23-16)7-8-17(21)22-4-2/h5-8H,3-4,9-11H2,1-2H3/b8-7+. The Bertz CT molecular complexity index is 766. The van der Waals surface area contributed by atoms with Gasteiger partial charge in [-0.2, -0.15) is 0 Å². The number of esters is 1. The van der Waals surface area contributed by atoms with Crippen LogP contribution >= 0.6 is 22.9 Å². The summed E-state index contributed by atoms with van der Waals surface area (Å²) in [6, 6.07) is 4.07. The molecule has 0 N–H and O–H groups in total. The monoisotopic (exact) mass is 349 g/mol. The number of ether oxygens (including phenoxy) is 1. The molecule has 5 heteroatoms. The molecule has 23 heavy (non-hydrogen) atoms. The Morgan fingerprint density at radius 3 is 2.96 bits per heavy atom. The van der Waals surface area contributed by atoms with Crippen molar-refractivity contribution < 1.29 is 9.53 Å². The Balaban J connectivity index is 2.09. The molecule has 1 aromatic heterocycles. The van der Waals surface area contributed by atoms with Gasteiger partial charge in [-0.1, -0.05) is 18.5 Å². The minimum absolute atomic E-state index is 0.295. The van der Waals surface area contributed by atoms with Gasteiger partial charge in [-0.05, 0) is 49.2 Å². The molecule has 1 aromatic carbocycles. The minimum atomic E-state index is -0.295. The predicted octanol–water partition coefficient (Wildman–Crippen LogP) is 4.51. The maximum absolute atomic E-state index is 11.6. The number of halogens is 1. The molecule has 2 aromatic rings. The van der Waals surface area contributed by atoms with Gasteiger partial charge in [0.15, 0.2) is 0 Å². The molecule has 2 heterocycles. The van der Waals surface area contributed by atoms with E-state index in [0.717, 1.165) is 36.0 Å². The van der Waals surface area contributed by atoms with Crippen LogP contribution in [0.25, 0.3) is 16.2 Å². The van der Waals surface area contributed by atoms with Gasteiger partial charge in [0.2, 0.25) is 0 Å². The second-order valence-electron chi connectivity index (χ2n) is 5.55. The molecule has 0 atom stereocenters. The Labute approximate surface area is 145 Å². The number of hydrogen-bond donors (Lipinski definition) is 0. The van der Waals surface area contributed by atoms with E-state index in [0.29, 0.717) is 6.61 Å². The van der Waals surface area contributed by atoms with E-state index in [4.69, 9.17) is 16.3 Å². The van der Waals surface area contributed by atoms with Crippen molar-refractivity contribution >= 4 is 45.1 Å². The lowest BCUT2D eigenvalue weighted by Gasteiger charge is -2.17. The predicted molar refractivity (Wildman–Crippen MR) is 97.2 cm³/mol. The maximum Gasteiger partial charge on any atom is 0.330 e. The summed E-state index contributed by atoms with van der Waals surface area (Å²) < 4.78 is 6.22. The maximum atomic E-state index is 11.6. The Kier molecular flexibility index (Phi) is 5.05. The zero-order chi connectivity index (χ0) is 16.4. The highest BCUT2D eigenvalue weighted by Crippen LogP contribution is 2.40. The smallest absolute Gasteiger partial charge is 0.330 e. The second kappa shape index (κ2) is 7.04. The van der Waals surface area contributed by atoms with Crippen molar-refractivity contribution in [1.29, 1.82) is 0 Å². The summed E-state index contributed by atoms with van der Waals surface area (Å²) in [5.41, 5.74) is 2.52. The Morgan fingerprint density at radius 1 is 1.39 bits per heavy atom. The first-order valence-corrected chi connectivity index (χ1v) is 9.13. The summed E-state index contributed by atoms with van der Waals surface area (Å²) >= 11 is 8.16. The van der Waals surface area contributed by atoms with E-state index >= 15 is 0 Å². The Hall–Kier alpha value is -1.36. The van der Waals surface area contributed by atoms with Crippen LogP contribution < -0.4 is 0 Å². The summed E-state index contributed by atoms with van der Waals surface area (Å²) in [4.78, 5) is 15.2. The molecule has 1 aliphatic heterocycles. The van der Waals surface area contributed by atoms with Crippen molar-refractivity contribution in [2.75, 3.05) is 19.7 Å². The molecule has 3 nitrogen and oxygen atoms in total. The first-order valence-electron chi connectivity index (χ1n) is 7.94. The fourth-order valence-electron chi connectivity index (χ4n) is 3.03. The highest BCUT2D eigenvalue weighted by molar-refractivity contribution is 7.20. The zero-order valence-corrected chi connectivity index (χ0v) is 15.0. The summed E-state index contributed by atoms with van der Waals surface area (Å²) in [7, 11) is 0. The number of nitrogens with zero attached hydrogens (tertiary/aromatic N) is 1. The van der Waals surface area contributed by atoms with Gasteiger partial charge in [0.25, 0.3) is 0 Å². The highest BCUT2D eigenvalue weighted by Gasteiger charge is 2.21. The first-order chi connectivity index (χ1) is 11.1. The second-order valence-corrected chi connectivity index (χ2v) is 7.04.